The van der Waals surface area contributed by atoms with E-state index in [2.05, 4.69) is 10.6 Å². The lowest BCUT2D eigenvalue weighted by atomic mass is 9.65. The molecule has 3 unspecified atom stereocenters. The molecule has 3 atom stereocenters. The molecule has 28 heavy (non-hydrogen) atoms. The molecule has 1 aromatic carbocycles. The van der Waals surface area contributed by atoms with Crippen molar-refractivity contribution in [3.05, 3.63) is 41.1 Å². The number of amides is 3. The monoisotopic (exact) mass is 383 g/mol. The molecule has 7 nitrogen and oxygen atoms in total. The third-order valence-corrected chi connectivity index (χ3v) is 5.97. The highest BCUT2D eigenvalue weighted by atomic mass is 16.3. The fourth-order valence-electron chi connectivity index (χ4n) is 4.80. The summed E-state index contributed by atoms with van der Waals surface area (Å²) >= 11 is 0. The van der Waals surface area contributed by atoms with Gasteiger partial charge >= 0.3 is 6.03 Å². The summed E-state index contributed by atoms with van der Waals surface area (Å²) in [6, 6.07) is 6.21. The fraction of sp³-hybridized carbons (Fsp3) is 0.476. The zero-order valence-electron chi connectivity index (χ0n) is 16.3. The van der Waals surface area contributed by atoms with Crippen LogP contribution in [-0.4, -0.2) is 40.4 Å². The van der Waals surface area contributed by atoms with Crippen molar-refractivity contribution >= 4 is 17.7 Å². The lowest BCUT2D eigenvalue weighted by Crippen LogP contribution is -2.68. The van der Waals surface area contributed by atoms with E-state index in [0.29, 0.717) is 25.0 Å². The molecule has 0 spiro atoms. The summed E-state index contributed by atoms with van der Waals surface area (Å²) in [4.78, 5) is 40.0. The number of hydrogen-bond acceptors (Lipinski definition) is 5. The number of allylic oxidation sites excluding steroid dienone is 2. The first-order valence-electron chi connectivity index (χ1n) is 9.65. The van der Waals surface area contributed by atoms with E-state index in [9.17, 15) is 19.5 Å². The Labute approximate surface area is 163 Å². The highest BCUT2D eigenvalue weighted by Crippen LogP contribution is 2.48. The fourth-order valence-corrected chi connectivity index (χ4v) is 4.80. The first-order valence-corrected chi connectivity index (χ1v) is 9.65. The maximum Gasteiger partial charge on any atom is 0.325 e. The van der Waals surface area contributed by atoms with E-state index in [-0.39, 0.29) is 22.9 Å². The largest absolute Gasteiger partial charge is 0.508 e. The van der Waals surface area contributed by atoms with Gasteiger partial charge in [0.25, 0.3) is 0 Å². The van der Waals surface area contributed by atoms with E-state index < -0.39 is 24.0 Å². The predicted octanol–water partition coefficient (Wildman–Crippen LogP) is 2.24. The van der Waals surface area contributed by atoms with Crippen LogP contribution in [0.15, 0.2) is 35.5 Å². The molecule has 0 radical (unpaired) electrons. The van der Waals surface area contributed by atoms with Crippen LogP contribution in [-0.2, 0) is 9.59 Å². The lowest BCUT2D eigenvalue weighted by Gasteiger charge is -2.50. The Morgan fingerprint density at radius 3 is 2.46 bits per heavy atom. The third-order valence-electron chi connectivity index (χ3n) is 5.97. The minimum atomic E-state index is -0.619. The van der Waals surface area contributed by atoms with E-state index >= 15 is 0 Å². The molecule has 0 aromatic heterocycles. The van der Waals surface area contributed by atoms with Crippen molar-refractivity contribution in [2.45, 2.75) is 45.7 Å². The van der Waals surface area contributed by atoms with Gasteiger partial charge in [-0.05, 0) is 36.5 Å². The van der Waals surface area contributed by atoms with Crippen LogP contribution < -0.4 is 10.6 Å². The highest BCUT2D eigenvalue weighted by Gasteiger charge is 2.53. The predicted molar refractivity (Wildman–Crippen MR) is 102 cm³/mol. The topological polar surface area (TPSA) is 98.7 Å². The van der Waals surface area contributed by atoms with Crippen LogP contribution in [0, 0.1) is 11.3 Å². The minimum Gasteiger partial charge on any atom is -0.508 e. The normalized spacial score (nSPS) is 29.0. The Balaban J connectivity index is 1.90. The minimum absolute atomic E-state index is 0.0306. The van der Waals surface area contributed by atoms with Gasteiger partial charge in [0.2, 0.25) is 5.91 Å². The highest BCUT2D eigenvalue weighted by molar-refractivity contribution is 6.04. The Bertz CT molecular complexity index is 887. The van der Waals surface area contributed by atoms with Crippen LogP contribution in [0.1, 0.15) is 45.1 Å². The number of carbonyl (C=O) groups is 3. The molecular weight excluding hydrogens is 358 g/mol. The van der Waals surface area contributed by atoms with Gasteiger partial charge in [-0.1, -0.05) is 26.0 Å². The number of ketones is 1. The molecule has 148 valence electrons. The summed E-state index contributed by atoms with van der Waals surface area (Å²) in [5.74, 6) is -1.31. The standard InChI is InChI=1S/C21H25N3O4/c1-4-24-18-17(19(27)23-20(24)28)15(11-5-7-12(25)8-6-11)16-13(22-18)9-21(2,3)10-14(16)26/h5-8,15,17-18,22,25H,4,9-10H2,1-3H3,(H,23,27,28). The Morgan fingerprint density at radius 2 is 1.82 bits per heavy atom. The molecular formula is C21H25N3O4. The number of fused-ring (bicyclic) bond motifs is 1. The van der Waals surface area contributed by atoms with Crippen molar-refractivity contribution in [1.82, 2.24) is 15.5 Å². The second kappa shape index (κ2) is 6.36. The van der Waals surface area contributed by atoms with Crippen molar-refractivity contribution in [2.75, 3.05) is 6.54 Å². The van der Waals surface area contributed by atoms with Crippen LogP contribution in [0.25, 0.3) is 0 Å². The Hall–Kier alpha value is -2.83. The first-order chi connectivity index (χ1) is 13.2. The van der Waals surface area contributed by atoms with E-state index in [1.54, 1.807) is 29.2 Å². The molecule has 3 aliphatic rings. The van der Waals surface area contributed by atoms with E-state index in [1.165, 1.54) is 0 Å². The maximum absolute atomic E-state index is 13.1. The van der Waals surface area contributed by atoms with Gasteiger partial charge in [0.15, 0.2) is 5.78 Å². The zero-order chi connectivity index (χ0) is 20.2. The van der Waals surface area contributed by atoms with Gasteiger partial charge in [0.05, 0.1) is 5.92 Å². The molecule has 0 saturated carbocycles. The SMILES string of the molecule is CCN1C(=O)NC(=O)C2C(c3ccc(O)cc3)C3=C(CC(C)(C)CC3=O)NC21. The molecule has 4 rings (SSSR count). The van der Waals surface area contributed by atoms with Gasteiger partial charge in [-0.2, -0.15) is 0 Å². The molecule has 3 N–H and O–H groups in total. The number of phenols is 1. The Kier molecular flexibility index (Phi) is 4.21. The second-order valence-corrected chi connectivity index (χ2v) is 8.60. The summed E-state index contributed by atoms with van der Waals surface area (Å²) in [5, 5.41) is 15.5. The van der Waals surface area contributed by atoms with E-state index in [4.69, 9.17) is 0 Å². The molecule has 0 bridgehead atoms. The summed E-state index contributed by atoms with van der Waals surface area (Å²) in [6.07, 6.45) is 0.585. The molecule has 3 amide bonds. The lowest BCUT2D eigenvalue weighted by molar-refractivity contribution is -0.130. The number of urea groups is 1. The van der Waals surface area contributed by atoms with Gasteiger partial charge < -0.3 is 15.3 Å². The van der Waals surface area contributed by atoms with Crippen molar-refractivity contribution in [3.8, 4) is 5.75 Å². The quantitative estimate of drug-likeness (QED) is 0.727. The number of carbonyl (C=O) groups excluding carboxylic acids is 3. The Morgan fingerprint density at radius 1 is 1.14 bits per heavy atom. The van der Waals surface area contributed by atoms with Crippen molar-refractivity contribution in [2.24, 2.45) is 11.3 Å². The molecule has 1 aromatic rings. The van der Waals surface area contributed by atoms with Gasteiger partial charge in [0.1, 0.15) is 11.9 Å². The molecule has 1 fully saturated rings. The molecule has 1 saturated heterocycles. The van der Waals surface area contributed by atoms with Gasteiger partial charge in [-0.15, -0.1) is 0 Å². The van der Waals surface area contributed by atoms with Crippen LogP contribution in [0.2, 0.25) is 0 Å². The number of Topliss-reactive ketones (excluding diaryl/α,β-unsaturated/α-hetero) is 1. The van der Waals surface area contributed by atoms with Crippen molar-refractivity contribution in [1.29, 1.82) is 0 Å². The summed E-state index contributed by atoms with van der Waals surface area (Å²) in [5.41, 5.74) is 2.05. The average molecular weight is 383 g/mol. The molecule has 1 aliphatic carbocycles. The number of rotatable bonds is 2. The van der Waals surface area contributed by atoms with Gasteiger partial charge in [-0.25, -0.2) is 4.79 Å². The number of phenolic OH excluding ortho intramolecular Hbond substituents is 1. The van der Waals surface area contributed by atoms with Gasteiger partial charge in [-0.3, -0.25) is 14.9 Å². The van der Waals surface area contributed by atoms with E-state index in [0.717, 1.165) is 11.3 Å². The number of imide groups is 1. The van der Waals surface area contributed by atoms with Crippen molar-refractivity contribution < 1.29 is 19.5 Å². The number of hydrogen-bond donors (Lipinski definition) is 3. The van der Waals surface area contributed by atoms with Crippen LogP contribution >= 0.6 is 0 Å². The van der Waals surface area contributed by atoms with Crippen LogP contribution in [0.3, 0.4) is 0 Å². The number of benzene rings is 1. The number of nitrogens with one attached hydrogen (secondary N) is 2. The molecule has 7 heteroatoms. The average Bonchev–Trinajstić information content (AvgIpc) is 2.60. The summed E-state index contributed by atoms with van der Waals surface area (Å²) < 4.78 is 0. The zero-order valence-corrected chi connectivity index (χ0v) is 16.3. The number of nitrogens with zero attached hydrogens (tertiary/aromatic N) is 1. The summed E-state index contributed by atoms with van der Waals surface area (Å²) in [6.45, 7) is 6.40. The molecule has 2 aliphatic heterocycles. The van der Waals surface area contributed by atoms with Crippen molar-refractivity contribution in [3.63, 3.8) is 0 Å². The van der Waals surface area contributed by atoms with Crippen LogP contribution in [0.5, 0.6) is 5.75 Å². The smallest absolute Gasteiger partial charge is 0.325 e. The summed E-state index contributed by atoms with van der Waals surface area (Å²) in [7, 11) is 0. The van der Waals surface area contributed by atoms with Crippen LogP contribution in [0.4, 0.5) is 4.79 Å². The first kappa shape index (κ1) is 18.5. The maximum atomic E-state index is 13.1. The molecule has 2 heterocycles. The van der Waals surface area contributed by atoms with E-state index in [1.807, 2.05) is 20.8 Å². The number of aromatic hydroxyl groups is 1. The van der Waals surface area contributed by atoms with Gasteiger partial charge in [0, 0.05) is 30.2 Å². The second-order valence-electron chi connectivity index (χ2n) is 8.60. The third kappa shape index (κ3) is 2.85.